The van der Waals surface area contributed by atoms with Crippen LogP contribution in [0.5, 0.6) is 5.75 Å². The van der Waals surface area contributed by atoms with Gasteiger partial charge in [-0.15, -0.1) is 12.2 Å². The van der Waals surface area contributed by atoms with Crippen LogP contribution in [0.15, 0.2) is 24.3 Å². The normalized spacial score (nSPS) is 20.0. The first kappa shape index (κ1) is 24.4. The van der Waals surface area contributed by atoms with Crippen LogP contribution >= 0.6 is 0 Å². The second-order valence-corrected chi connectivity index (χ2v) is 7.35. The monoisotopic (exact) mass is 419 g/mol. The number of hydrogen-bond donors (Lipinski definition) is 0. The molecule has 1 aromatic carbocycles. The van der Waals surface area contributed by atoms with Gasteiger partial charge in [0.05, 0.1) is 7.11 Å². The third kappa shape index (κ3) is 9.39. The largest absolute Gasteiger partial charge is 4.00 e. The van der Waals surface area contributed by atoms with Gasteiger partial charge in [-0.1, -0.05) is 26.0 Å². The fourth-order valence-corrected chi connectivity index (χ4v) is 3.42. The summed E-state index contributed by atoms with van der Waals surface area (Å²) >= 11 is 0. The standard InChI is InChI=1S/C20H33N3O3.Fe/c1-17(24)14-21-8-9-22(15-18(2)25)11-13-23(12-10-21)16-19-4-6-20(26-3)7-5-19;/h4-7,17-18H,8-16H2,1-3H3;/q-2;+4/t17-,18-;/m0./s1. The van der Waals surface area contributed by atoms with Crippen molar-refractivity contribution < 1.29 is 32.0 Å². The van der Waals surface area contributed by atoms with Gasteiger partial charge in [0, 0.05) is 45.8 Å². The Morgan fingerprint density at radius 2 is 1.22 bits per heavy atom. The van der Waals surface area contributed by atoms with Crippen molar-refractivity contribution in [3.63, 3.8) is 0 Å². The van der Waals surface area contributed by atoms with Crippen LogP contribution < -0.4 is 14.9 Å². The van der Waals surface area contributed by atoms with E-state index in [2.05, 4.69) is 26.8 Å². The average molecular weight is 419 g/mol. The molecule has 0 unspecified atom stereocenters. The first-order valence-electron chi connectivity index (χ1n) is 9.58. The minimum absolute atomic E-state index is 0. The molecule has 0 amide bonds. The van der Waals surface area contributed by atoms with Crippen LogP contribution in [0.2, 0.25) is 0 Å². The van der Waals surface area contributed by atoms with Crippen LogP contribution in [-0.4, -0.2) is 86.4 Å². The van der Waals surface area contributed by atoms with E-state index in [4.69, 9.17) is 4.74 Å². The van der Waals surface area contributed by atoms with Gasteiger partial charge in [0.15, 0.2) is 0 Å². The zero-order valence-electron chi connectivity index (χ0n) is 16.7. The molecule has 0 bridgehead atoms. The number of benzene rings is 1. The van der Waals surface area contributed by atoms with Gasteiger partial charge in [-0.05, 0) is 30.8 Å². The first-order valence-corrected chi connectivity index (χ1v) is 9.58. The zero-order chi connectivity index (χ0) is 18.9. The molecule has 2 atom stereocenters. The minimum Gasteiger partial charge on any atom is -0.851 e. The van der Waals surface area contributed by atoms with Crippen molar-refractivity contribution in [2.75, 3.05) is 59.5 Å². The molecule has 0 saturated carbocycles. The summed E-state index contributed by atoms with van der Waals surface area (Å²) in [6.07, 6.45) is -1.17. The van der Waals surface area contributed by atoms with Gasteiger partial charge in [0.2, 0.25) is 0 Å². The zero-order valence-corrected chi connectivity index (χ0v) is 17.9. The Balaban J connectivity index is 0.00000364. The Hall–Kier alpha value is -0.661. The van der Waals surface area contributed by atoms with E-state index in [1.54, 1.807) is 21.0 Å². The van der Waals surface area contributed by atoms with Crippen molar-refractivity contribution in [2.45, 2.75) is 32.6 Å². The number of hydrogen-bond acceptors (Lipinski definition) is 6. The van der Waals surface area contributed by atoms with Crippen molar-refractivity contribution in [2.24, 2.45) is 0 Å². The molecule has 2 rings (SSSR count). The minimum atomic E-state index is -0.585. The Morgan fingerprint density at radius 3 is 1.59 bits per heavy atom. The molecule has 27 heavy (non-hydrogen) atoms. The van der Waals surface area contributed by atoms with E-state index in [-0.39, 0.29) is 17.1 Å². The van der Waals surface area contributed by atoms with Crippen LogP contribution in [-0.2, 0) is 23.6 Å². The van der Waals surface area contributed by atoms with Crippen LogP contribution in [0, 0.1) is 0 Å². The van der Waals surface area contributed by atoms with Crippen molar-refractivity contribution in [1.82, 2.24) is 14.7 Å². The van der Waals surface area contributed by atoms with Crippen molar-refractivity contribution in [3.05, 3.63) is 29.8 Å². The maximum Gasteiger partial charge on any atom is 4.00 e. The SMILES string of the molecule is COc1ccc(CN2CCN(C[C@H](C)[O-])CCN(C[C@H](C)[O-])CC2)cc1.[Fe+4]. The smallest absolute Gasteiger partial charge is 0.851 e. The van der Waals surface area contributed by atoms with Crippen LogP contribution in [0.25, 0.3) is 0 Å². The second-order valence-electron chi connectivity index (χ2n) is 7.35. The molecule has 7 heteroatoms. The quantitative estimate of drug-likeness (QED) is 0.561. The fourth-order valence-electron chi connectivity index (χ4n) is 3.42. The molecule has 0 spiro atoms. The number of ether oxygens (including phenoxy) is 1. The predicted octanol–water partition coefficient (Wildman–Crippen LogP) is -0.390. The van der Waals surface area contributed by atoms with E-state index in [0.717, 1.165) is 51.6 Å². The maximum atomic E-state index is 11.6. The molecular formula is C20H33FeN3O3+2. The molecule has 1 aliphatic heterocycles. The average Bonchev–Trinajstić information content (AvgIpc) is 2.68. The molecule has 0 N–H and O–H groups in total. The van der Waals surface area contributed by atoms with Gasteiger partial charge >= 0.3 is 17.1 Å². The summed E-state index contributed by atoms with van der Waals surface area (Å²) in [6.45, 7) is 10.8. The molecule has 0 radical (unpaired) electrons. The summed E-state index contributed by atoms with van der Waals surface area (Å²) in [5, 5.41) is 23.3. The van der Waals surface area contributed by atoms with E-state index in [0.29, 0.717) is 13.1 Å². The van der Waals surface area contributed by atoms with Crippen molar-refractivity contribution in [3.8, 4) is 5.75 Å². The van der Waals surface area contributed by atoms with Crippen LogP contribution in [0.3, 0.4) is 0 Å². The molecule has 1 fully saturated rings. The number of nitrogens with zero attached hydrogens (tertiary/aromatic N) is 3. The van der Waals surface area contributed by atoms with Crippen molar-refractivity contribution >= 4 is 0 Å². The Bertz CT molecular complexity index is 492. The van der Waals surface area contributed by atoms with Gasteiger partial charge in [-0.25, -0.2) is 0 Å². The van der Waals surface area contributed by atoms with Crippen LogP contribution in [0.4, 0.5) is 0 Å². The predicted molar refractivity (Wildman–Crippen MR) is 100 cm³/mol. The fraction of sp³-hybridized carbons (Fsp3) is 0.700. The summed E-state index contributed by atoms with van der Waals surface area (Å²) in [4.78, 5) is 6.90. The van der Waals surface area contributed by atoms with Gasteiger partial charge < -0.3 is 24.7 Å². The Morgan fingerprint density at radius 1 is 0.815 bits per heavy atom. The summed E-state index contributed by atoms with van der Waals surface area (Å²) in [5.41, 5.74) is 1.25. The summed E-state index contributed by atoms with van der Waals surface area (Å²) in [5.74, 6) is 0.865. The summed E-state index contributed by atoms with van der Waals surface area (Å²) in [6, 6.07) is 8.17. The molecule has 0 aliphatic carbocycles. The molecule has 1 aliphatic rings. The molecule has 1 saturated heterocycles. The Kier molecular flexibility index (Phi) is 11.5. The molecule has 0 aromatic heterocycles. The third-order valence-electron chi connectivity index (χ3n) is 4.79. The second kappa shape index (κ2) is 12.7. The van der Waals surface area contributed by atoms with E-state index in [1.807, 2.05) is 12.1 Å². The molecule has 152 valence electrons. The van der Waals surface area contributed by atoms with Crippen LogP contribution in [0.1, 0.15) is 19.4 Å². The topological polar surface area (TPSA) is 65.1 Å². The molecule has 6 nitrogen and oxygen atoms in total. The maximum absolute atomic E-state index is 11.6. The first-order chi connectivity index (χ1) is 12.5. The van der Waals surface area contributed by atoms with Crippen molar-refractivity contribution in [1.29, 1.82) is 0 Å². The summed E-state index contributed by atoms with van der Waals surface area (Å²) in [7, 11) is 1.67. The van der Waals surface area contributed by atoms with E-state index >= 15 is 0 Å². The van der Waals surface area contributed by atoms with Gasteiger partial charge in [-0.3, -0.25) is 4.90 Å². The van der Waals surface area contributed by atoms with E-state index in [1.165, 1.54) is 5.56 Å². The van der Waals surface area contributed by atoms with Gasteiger partial charge in [0.25, 0.3) is 0 Å². The molecule has 1 aromatic rings. The molecule has 1 heterocycles. The number of methoxy groups -OCH3 is 1. The van der Waals surface area contributed by atoms with Gasteiger partial charge in [-0.2, -0.15) is 0 Å². The van der Waals surface area contributed by atoms with E-state index < -0.39 is 12.2 Å². The van der Waals surface area contributed by atoms with Gasteiger partial charge in [0.1, 0.15) is 5.75 Å². The Labute approximate surface area is 174 Å². The molecular weight excluding hydrogens is 386 g/mol. The summed E-state index contributed by atoms with van der Waals surface area (Å²) < 4.78 is 5.23. The third-order valence-corrected chi connectivity index (χ3v) is 4.79. The number of rotatable bonds is 7. The van der Waals surface area contributed by atoms with E-state index in [9.17, 15) is 10.2 Å².